The average Bonchev–Trinajstić information content (AvgIpc) is 3.19. The predicted octanol–water partition coefficient (Wildman–Crippen LogP) is 3.98. The molecular weight excluding hydrogens is 388 g/mol. The molecule has 0 spiro atoms. The van der Waals surface area contributed by atoms with Crippen LogP contribution in [0, 0.1) is 6.92 Å². The van der Waals surface area contributed by atoms with E-state index >= 15 is 0 Å². The topological polar surface area (TPSA) is 84.5 Å². The molecule has 0 atom stereocenters. The Morgan fingerprint density at radius 1 is 1.00 bits per heavy atom. The van der Waals surface area contributed by atoms with Gasteiger partial charge in [-0.3, -0.25) is 9.52 Å². The Morgan fingerprint density at radius 2 is 1.79 bits per heavy atom. The van der Waals surface area contributed by atoms with Gasteiger partial charge in [0.1, 0.15) is 5.75 Å². The number of nitrogens with one attached hydrogen (secondary N) is 2. The fraction of sp³-hybridized carbons (Fsp3) is 0.136. The van der Waals surface area contributed by atoms with Crippen molar-refractivity contribution < 1.29 is 17.9 Å². The molecule has 3 aromatic rings. The van der Waals surface area contributed by atoms with Gasteiger partial charge >= 0.3 is 0 Å². The van der Waals surface area contributed by atoms with Crippen molar-refractivity contribution in [3.8, 4) is 5.75 Å². The largest absolute Gasteiger partial charge is 0.493 e. The number of carbonyl (C=O) groups is 1. The Labute approximate surface area is 169 Å². The highest BCUT2D eigenvalue weighted by Crippen LogP contribution is 2.27. The van der Waals surface area contributed by atoms with Gasteiger partial charge in [0.2, 0.25) is 0 Å². The van der Waals surface area contributed by atoms with Crippen LogP contribution in [-0.4, -0.2) is 20.9 Å². The zero-order chi connectivity index (χ0) is 20.4. The zero-order valence-corrected chi connectivity index (χ0v) is 16.6. The van der Waals surface area contributed by atoms with Crippen molar-refractivity contribution in [1.29, 1.82) is 0 Å². The molecule has 0 aromatic heterocycles. The Bertz CT molecular complexity index is 1170. The lowest BCUT2D eigenvalue weighted by Gasteiger charge is -2.13. The summed E-state index contributed by atoms with van der Waals surface area (Å²) in [5.41, 5.74) is 3.20. The fourth-order valence-electron chi connectivity index (χ4n) is 3.14. The molecule has 7 heteroatoms. The third kappa shape index (κ3) is 4.09. The smallest absolute Gasteiger partial charge is 0.261 e. The molecule has 1 aliphatic rings. The summed E-state index contributed by atoms with van der Waals surface area (Å²) in [5.74, 6) is 0.551. The number of amides is 1. The van der Waals surface area contributed by atoms with Gasteiger partial charge in [-0.25, -0.2) is 8.42 Å². The molecular formula is C22H20N2O4S. The fourth-order valence-corrected chi connectivity index (χ4v) is 4.29. The van der Waals surface area contributed by atoms with Crippen LogP contribution in [-0.2, 0) is 16.4 Å². The number of rotatable bonds is 5. The molecule has 29 heavy (non-hydrogen) atoms. The van der Waals surface area contributed by atoms with E-state index < -0.39 is 10.0 Å². The molecule has 1 heterocycles. The molecule has 0 saturated carbocycles. The van der Waals surface area contributed by atoms with E-state index in [-0.39, 0.29) is 10.8 Å². The van der Waals surface area contributed by atoms with Gasteiger partial charge in [-0.2, -0.15) is 0 Å². The van der Waals surface area contributed by atoms with E-state index in [9.17, 15) is 13.2 Å². The number of fused-ring (bicyclic) bond motifs is 1. The summed E-state index contributed by atoms with van der Waals surface area (Å²) in [4.78, 5) is 12.8. The molecule has 148 valence electrons. The number of hydrogen-bond donors (Lipinski definition) is 2. The lowest BCUT2D eigenvalue weighted by Crippen LogP contribution is -2.15. The van der Waals surface area contributed by atoms with Gasteiger partial charge < -0.3 is 10.1 Å². The number of carbonyl (C=O) groups excluding carboxylic acids is 1. The minimum Gasteiger partial charge on any atom is -0.493 e. The van der Waals surface area contributed by atoms with Gasteiger partial charge in [0.15, 0.2) is 0 Å². The van der Waals surface area contributed by atoms with E-state index in [2.05, 4.69) is 10.0 Å². The second-order valence-electron chi connectivity index (χ2n) is 6.82. The number of sulfonamides is 1. The van der Waals surface area contributed by atoms with Crippen LogP contribution in [0.1, 0.15) is 21.5 Å². The maximum Gasteiger partial charge on any atom is 0.261 e. The quantitative estimate of drug-likeness (QED) is 0.669. The standard InChI is InChI=1S/C22H20N2O4S/c1-15-7-9-18(14-20(15)24-29(26,27)19-5-3-2-4-6-19)23-22(25)17-8-10-21-16(13-17)11-12-28-21/h2-10,13-14,24H,11-12H2,1H3,(H,23,25). The second kappa shape index (κ2) is 7.60. The molecule has 3 aromatic carbocycles. The van der Waals surface area contributed by atoms with Crippen LogP contribution in [0.5, 0.6) is 5.75 Å². The van der Waals surface area contributed by atoms with E-state index in [0.29, 0.717) is 23.5 Å². The Morgan fingerprint density at radius 3 is 2.59 bits per heavy atom. The number of hydrogen-bond acceptors (Lipinski definition) is 4. The minimum absolute atomic E-state index is 0.175. The lowest BCUT2D eigenvalue weighted by atomic mass is 10.1. The van der Waals surface area contributed by atoms with E-state index in [1.807, 2.05) is 6.07 Å². The van der Waals surface area contributed by atoms with Crippen molar-refractivity contribution >= 4 is 27.3 Å². The second-order valence-corrected chi connectivity index (χ2v) is 8.51. The Balaban J connectivity index is 1.55. The van der Waals surface area contributed by atoms with Crippen LogP contribution in [0.2, 0.25) is 0 Å². The van der Waals surface area contributed by atoms with Crippen molar-refractivity contribution in [2.45, 2.75) is 18.2 Å². The Hall–Kier alpha value is -3.32. The van der Waals surface area contributed by atoms with E-state index in [1.54, 1.807) is 55.5 Å². The van der Waals surface area contributed by atoms with Crippen LogP contribution in [0.25, 0.3) is 0 Å². The molecule has 0 saturated heterocycles. The maximum absolute atomic E-state index is 12.6. The molecule has 0 radical (unpaired) electrons. The third-order valence-corrected chi connectivity index (χ3v) is 6.13. The molecule has 6 nitrogen and oxygen atoms in total. The van der Waals surface area contributed by atoms with Gasteiger partial charge in [-0.1, -0.05) is 24.3 Å². The first-order valence-corrected chi connectivity index (χ1v) is 10.7. The van der Waals surface area contributed by atoms with Crippen molar-refractivity contribution in [2.75, 3.05) is 16.6 Å². The number of benzene rings is 3. The summed E-state index contributed by atoms with van der Waals surface area (Å²) in [7, 11) is -3.72. The zero-order valence-electron chi connectivity index (χ0n) is 15.8. The van der Waals surface area contributed by atoms with Crippen molar-refractivity contribution in [2.24, 2.45) is 0 Å². The average molecular weight is 408 g/mol. The van der Waals surface area contributed by atoms with E-state index in [0.717, 1.165) is 23.3 Å². The predicted molar refractivity (Wildman–Crippen MR) is 112 cm³/mol. The van der Waals surface area contributed by atoms with Crippen LogP contribution >= 0.6 is 0 Å². The van der Waals surface area contributed by atoms with Gasteiger partial charge in [0.05, 0.1) is 17.2 Å². The number of aryl methyl sites for hydroxylation is 1. The highest BCUT2D eigenvalue weighted by atomic mass is 32.2. The maximum atomic E-state index is 12.6. The highest BCUT2D eigenvalue weighted by Gasteiger charge is 2.17. The summed E-state index contributed by atoms with van der Waals surface area (Å²) in [6, 6.07) is 18.6. The molecule has 0 aliphatic carbocycles. The van der Waals surface area contributed by atoms with Gasteiger partial charge in [0, 0.05) is 17.7 Å². The number of ether oxygens (including phenoxy) is 1. The van der Waals surface area contributed by atoms with Crippen molar-refractivity contribution in [3.05, 3.63) is 83.4 Å². The van der Waals surface area contributed by atoms with Crippen LogP contribution in [0.4, 0.5) is 11.4 Å². The summed E-state index contributed by atoms with van der Waals surface area (Å²) in [5, 5.41) is 2.83. The molecule has 0 fully saturated rings. The first kappa shape index (κ1) is 19.0. The molecule has 2 N–H and O–H groups in total. The molecule has 4 rings (SSSR count). The van der Waals surface area contributed by atoms with Gasteiger partial charge in [0.25, 0.3) is 15.9 Å². The first-order valence-electron chi connectivity index (χ1n) is 9.18. The summed E-state index contributed by atoms with van der Waals surface area (Å²) in [6.45, 7) is 2.43. The monoisotopic (exact) mass is 408 g/mol. The van der Waals surface area contributed by atoms with Crippen molar-refractivity contribution in [1.82, 2.24) is 0 Å². The molecule has 0 unspecified atom stereocenters. The summed E-state index contributed by atoms with van der Waals surface area (Å²) < 4.78 is 33.3. The van der Waals surface area contributed by atoms with E-state index in [1.165, 1.54) is 12.1 Å². The molecule has 1 amide bonds. The van der Waals surface area contributed by atoms with Gasteiger partial charge in [-0.15, -0.1) is 0 Å². The van der Waals surface area contributed by atoms with Crippen LogP contribution in [0.15, 0.2) is 71.6 Å². The van der Waals surface area contributed by atoms with Crippen LogP contribution in [0.3, 0.4) is 0 Å². The highest BCUT2D eigenvalue weighted by molar-refractivity contribution is 7.92. The molecule has 0 bridgehead atoms. The van der Waals surface area contributed by atoms with Crippen molar-refractivity contribution in [3.63, 3.8) is 0 Å². The van der Waals surface area contributed by atoms with E-state index in [4.69, 9.17) is 4.74 Å². The normalized spacial score (nSPS) is 12.7. The Kier molecular flexibility index (Phi) is 4.98. The summed E-state index contributed by atoms with van der Waals surface area (Å²) in [6.07, 6.45) is 0.784. The SMILES string of the molecule is Cc1ccc(NC(=O)c2ccc3c(c2)CCO3)cc1NS(=O)(=O)c1ccccc1. The number of anilines is 2. The van der Waals surface area contributed by atoms with Gasteiger partial charge in [-0.05, 0) is 60.5 Å². The minimum atomic E-state index is -3.72. The van der Waals surface area contributed by atoms with Crippen LogP contribution < -0.4 is 14.8 Å². The lowest BCUT2D eigenvalue weighted by molar-refractivity contribution is 0.102. The summed E-state index contributed by atoms with van der Waals surface area (Å²) >= 11 is 0. The third-order valence-electron chi connectivity index (χ3n) is 4.74. The first-order chi connectivity index (χ1) is 13.9. The molecule has 1 aliphatic heterocycles.